The van der Waals surface area contributed by atoms with Crippen LogP contribution in [0.3, 0.4) is 0 Å². The molecule has 1 saturated heterocycles. The molecule has 0 aromatic heterocycles. The molecule has 26 heavy (non-hydrogen) atoms. The number of nitrogens with zero attached hydrogens (tertiary/aromatic N) is 1. The van der Waals surface area contributed by atoms with Crippen LogP contribution in [0.1, 0.15) is 25.3 Å². The van der Waals surface area contributed by atoms with E-state index in [2.05, 4.69) is 23.6 Å². The standard InChI is InChI=1S/C19H29N3O4/c1-2-20-18(22-12-19(6-9-23)7-10-24-13-19)21-8-5-15-3-4-16-17(11-15)26-14-25-16/h3-4,11,23H,2,5-10,12-14H2,1H3,(H2,20,21,22). The third-order valence-corrected chi connectivity index (χ3v) is 4.89. The highest BCUT2D eigenvalue weighted by Gasteiger charge is 2.34. The number of rotatable bonds is 8. The molecule has 2 aliphatic heterocycles. The Balaban J connectivity index is 1.52. The molecule has 0 aliphatic carbocycles. The van der Waals surface area contributed by atoms with Crippen LogP contribution >= 0.6 is 0 Å². The van der Waals surface area contributed by atoms with Crippen LogP contribution in [0.4, 0.5) is 0 Å². The van der Waals surface area contributed by atoms with Crippen molar-refractivity contribution in [1.82, 2.24) is 10.6 Å². The Kier molecular flexibility index (Phi) is 6.57. The van der Waals surface area contributed by atoms with Gasteiger partial charge in [0.05, 0.1) is 13.2 Å². The van der Waals surface area contributed by atoms with Gasteiger partial charge in [0.15, 0.2) is 17.5 Å². The summed E-state index contributed by atoms with van der Waals surface area (Å²) in [6.07, 6.45) is 2.55. The summed E-state index contributed by atoms with van der Waals surface area (Å²) < 4.78 is 16.3. The van der Waals surface area contributed by atoms with Gasteiger partial charge in [0.1, 0.15) is 0 Å². The average molecular weight is 363 g/mol. The molecule has 0 bridgehead atoms. The van der Waals surface area contributed by atoms with Crippen LogP contribution in [-0.4, -0.2) is 57.3 Å². The van der Waals surface area contributed by atoms with E-state index < -0.39 is 0 Å². The van der Waals surface area contributed by atoms with E-state index >= 15 is 0 Å². The number of hydrogen-bond acceptors (Lipinski definition) is 5. The van der Waals surface area contributed by atoms with Crippen molar-refractivity contribution in [2.24, 2.45) is 10.4 Å². The molecule has 7 nitrogen and oxygen atoms in total. The lowest BCUT2D eigenvalue weighted by molar-refractivity contribution is 0.131. The molecule has 2 aliphatic rings. The highest BCUT2D eigenvalue weighted by Crippen LogP contribution is 2.33. The summed E-state index contributed by atoms with van der Waals surface area (Å²) in [5, 5.41) is 16.0. The SMILES string of the molecule is CCNC(=NCC1(CCO)CCOC1)NCCc1ccc2c(c1)OCO2. The molecular weight excluding hydrogens is 334 g/mol. The summed E-state index contributed by atoms with van der Waals surface area (Å²) in [4.78, 5) is 4.73. The van der Waals surface area contributed by atoms with E-state index in [1.165, 1.54) is 5.56 Å². The van der Waals surface area contributed by atoms with Crippen molar-refractivity contribution in [1.29, 1.82) is 0 Å². The number of benzene rings is 1. The summed E-state index contributed by atoms with van der Waals surface area (Å²) >= 11 is 0. The Labute approximate surface area is 154 Å². The first-order valence-corrected chi connectivity index (χ1v) is 9.34. The zero-order chi connectivity index (χ0) is 18.2. The lowest BCUT2D eigenvalue weighted by atomic mass is 9.84. The minimum absolute atomic E-state index is 0.0333. The molecule has 0 radical (unpaired) electrons. The molecule has 3 N–H and O–H groups in total. The van der Waals surface area contributed by atoms with Crippen LogP contribution in [-0.2, 0) is 11.2 Å². The van der Waals surface area contributed by atoms with Gasteiger partial charge in [-0.2, -0.15) is 0 Å². The lowest BCUT2D eigenvalue weighted by Gasteiger charge is -2.24. The average Bonchev–Trinajstić information content (AvgIpc) is 3.29. The summed E-state index contributed by atoms with van der Waals surface area (Å²) in [5.41, 5.74) is 1.16. The van der Waals surface area contributed by atoms with E-state index in [4.69, 9.17) is 19.2 Å². The molecule has 3 rings (SSSR count). The number of aliphatic imine (C=N–C) groups is 1. The highest BCUT2D eigenvalue weighted by molar-refractivity contribution is 5.79. The van der Waals surface area contributed by atoms with Gasteiger partial charge in [0.25, 0.3) is 0 Å². The van der Waals surface area contributed by atoms with E-state index in [0.717, 1.165) is 56.4 Å². The summed E-state index contributed by atoms with van der Waals surface area (Å²) in [6.45, 7) is 6.19. The molecular formula is C19H29N3O4. The Hall–Kier alpha value is -1.99. The van der Waals surface area contributed by atoms with Crippen molar-refractivity contribution in [3.8, 4) is 11.5 Å². The number of hydrogen-bond donors (Lipinski definition) is 3. The number of ether oxygens (including phenoxy) is 3. The van der Waals surface area contributed by atoms with E-state index in [9.17, 15) is 5.11 Å². The molecule has 2 heterocycles. The summed E-state index contributed by atoms with van der Waals surface area (Å²) in [6, 6.07) is 6.04. The fourth-order valence-electron chi connectivity index (χ4n) is 3.30. The molecule has 0 spiro atoms. The molecule has 1 aromatic rings. The number of aliphatic hydroxyl groups excluding tert-OH is 1. The zero-order valence-electron chi connectivity index (χ0n) is 15.4. The maximum absolute atomic E-state index is 9.34. The zero-order valence-corrected chi connectivity index (χ0v) is 15.4. The van der Waals surface area contributed by atoms with Gasteiger partial charge in [-0.25, -0.2) is 0 Å². The van der Waals surface area contributed by atoms with Crippen molar-refractivity contribution in [3.05, 3.63) is 23.8 Å². The molecule has 7 heteroatoms. The van der Waals surface area contributed by atoms with E-state index in [1.54, 1.807) is 0 Å². The smallest absolute Gasteiger partial charge is 0.231 e. The minimum atomic E-state index is -0.0333. The Bertz CT molecular complexity index is 615. The predicted octanol–water partition coefficient (Wildman–Crippen LogP) is 1.30. The van der Waals surface area contributed by atoms with Crippen LogP contribution in [0.15, 0.2) is 23.2 Å². The summed E-state index contributed by atoms with van der Waals surface area (Å²) in [7, 11) is 0. The largest absolute Gasteiger partial charge is 0.454 e. The van der Waals surface area contributed by atoms with Crippen molar-refractivity contribution < 1.29 is 19.3 Å². The Morgan fingerprint density at radius 2 is 2.15 bits per heavy atom. The molecule has 0 amide bonds. The maximum Gasteiger partial charge on any atom is 0.231 e. The fraction of sp³-hybridized carbons (Fsp3) is 0.632. The molecule has 144 valence electrons. The normalized spacial score (nSPS) is 21.8. The van der Waals surface area contributed by atoms with Gasteiger partial charge in [-0.15, -0.1) is 0 Å². The van der Waals surface area contributed by atoms with Gasteiger partial charge >= 0.3 is 0 Å². The maximum atomic E-state index is 9.34. The van der Waals surface area contributed by atoms with Gasteiger partial charge in [0, 0.05) is 31.7 Å². The first-order valence-electron chi connectivity index (χ1n) is 9.34. The molecule has 1 fully saturated rings. The monoisotopic (exact) mass is 363 g/mol. The predicted molar refractivity (Wildman–Crippen MR) is 99.8 cm³/mol. The second-order valence-corrected chi connectivity index (χ2v) is 6.84. The van der Waals surface area contributed by atoms with Gasteiger partial charge in [-0.05, 0) is 43.9 Å². The quantitative estimate of drug-likeness (QED) is 0.477. The Morgan fingerprint density at radius 1 is 1.27 bits per heavy atom. The van der Waals surface area contributed by atoms with Crippen molar-refractivity contribution in [2.75, 3.05) is 46.2 Å². The van der Waals surface area contributed by atoms with Gasteiger partial charge in [-0.1, -0.05) is 6.07 Å². The third kappa shape index (κ3) is 4.80. The minimum Gasteiger partial charge on any atom is -0.454 e. The molecule has 1 unspecified atom stereocenters. The van der Waals surface area contributed by atoms with Gasteiger partial charge in [-0.3, -0.25) is 4.99 Å². The Morgan fingerprint density at radius 3 is 2.92 bits per heavy atom. The van der Waals surface area contributed by atoms with Crippen LogP contribution in [0.2, 0.25) is 0 Å². The third-order valence-electron chi connectivity index (χ3n) is 4.89. The first kappa shape index (κ1) is 18.8. The molecule has 1 aromatic carbocycles. The van der Waals surface area contributed by atoms with Gasteiger partial charge < -0.3 is 30.0 Å². The molecule has 0 saturated carbocycles. The topological polar surface area (TPSA) is 84.3 Å². The van der Waals surface area contributed by atoms with Crippen LogP contribution in [0, 0.1) is 5.41 Å². The van der Waals surface area contributed by atoms with Crippen LogP contribution in [0.25, 0.3) is 0 Å². The number of fused-ring (bicyclic) bond motifs is 1. The fourth-order valence-corrected chi connectivity index (χ4v) is 3.30. The number of aliphatic hydroxyl groups is 1. The highest BCUT2D eigenvalue weighted by atomic mass is 16.7. The second-order valence-electron chi connectivity index (χ2n) is 6.84. The van der Waals surface area contributed by atoms with Crippen molar-refractivity contribution in [3.63, 3.8) is 0 Å². The van der Waals surface area contributed by atoms with Crippen molar-refractivity contribution >= 4 is 5.96 Å². The lowest BCUT2D eigenvalue weighted by Crippen LogP contribution is -2.39. The first-order chi connectivity index (χ1) is 12.7. The van der Waals surface area contributed by atoms with Crippen LogP contribution in [0.5, 0.6) is 11.5 Å². The number of guanidine groups is 1. The van der Waals surface area contributed by atoms with E-state index in [-0.39, 0.29) is 12.0 Å². The van der Waals surface area contributed by atoms with Crippen molar-refractivity contribution in [2.45, 2.75) is 26.2 Å². The van der Waals surface area contributed by atoms with E-state index in [1.807, 2.05) is 12.1 Å². The second kappa shape index (κ2) is 9.09. The summed E-state index contributed by atoms with van der Waals surface area (Å²) in [5.74, 6) is 2.43. The molecule has 1 atom stereocenters. The number of nitrogens with one attached hydrogen (secondary N) is 2. The van der Waals surface area contributed by atoms with Gasteiger partial charge in [0.2, 0.25) is 6.79 Å². The van der Waals surface area contributed by atoms with E-state index in [0.29, 0.717) is 19.9 Å². The van der Waals surface area contributed by atoms with Crippen LogP contribution < -0.4 is 20.1 Å².